The zero-order valence-corrected chi connectivity index (χ0v) is 10.6. The molecule has 0 radical (unpaired) electrons. The van der Waals surface area contributed by atoms with Gasteiger partial charge >= 0.3 is 0 Å². The van der Waals surface area contributed by atoms with E-state index in [4.69, 9.17) is 0 Å². The van der Waals surface area contributed by atoms with E-state index in [1.54, 1.807) is 0 Å². The average Bonchev–Trinajstić information content (AvgIpc) is 2.70. The normalized spacial score (nSPS) is 20.1. The van der Waals surface area contributed by atoms with Gasteiger partial charge in [-0.05, 0) is 44.9 Å². The Hall–Kier alpha value is -1.02. The Bertz CT molecular complexity index is 354. The molecule has 1 saturated heterocycles. The average molecular weight is 218 g/mol. The Morgan fingerprint density at radius 1 is 1.38 bits per heavy atom. The maximum absolute atomic E-state index is 3.55. The first-order chi connectivity index (χ1) is 7.66. The van der Waals surface area contributed by atoms with E-state index in [0.717, 1.165) is 6.54 Å². The SMILES string of the molecule is Cc1ccc(N(C)C[C@H]2CCCN2)c(C)c1. The molecule has 1 aromatic carbocycles. The van der Waals surface area contributed by atoms with E-state index in [1.807, 2.05) is 0 Å². The van der Waals surface area contributed by atoms with Crippen molar-refractivity contribution in [1.29, 1.82) is 0 Å². The van der Waals surface area contributed by atoms with Gasteiger partial charge in [0.15, 0.2) is 0 Å². The number of rotatable bonds is 3. The van der Waals surface area contributed by atoms with Gasteiger partial charge in [-0.2, -0.15) is 0 Å². The number of nitrogens with one attached hydrogen (secondary N) is 1. The van der Waals surface area contributed by atoms with E-state index >= 15 is 0 Å². The number of aryl methyl sites for hydroxylation is 2. The molecule has 1 aliphatic rings. The number of hydrogen-bond donors (Lipinski definition) is 1. The third-order valence-corrected chi connectivity index (χ3v) is 3.42. The van der Waals surface area contributed by atoms with Crippen LogP contribution in [0.1, 0.15) is 24.0 Å². The largest absolute Gasteiger partial charge is 0.373 e. The molecule has 16 heavy (non-hydrogen) atoms. The molecule has 0 unspecified atom stereocenters. The van der Waals surface area contributed by atoms with Crippen LogP contribution in [0.5, 0.6) is 0 Å². The molecule has 0 aromatic heterocycles. The van der Waals surface area contributed by atoms with Crippen molar-refractivity contribution in [2.24, 2.45) is 0 Å². The van der Waals surface area contributed by atoms with Crippen molar-refractivity contribution < 1.29 is 0 Å². The van der Waals surface area contributed by atoms with E-state index < -0.39 is 0 Å². The molecular weight excluding hydrogens is 196 g/mol. The second kappa shape index (κ2) is 4.88. The fourth-order valence-electron chi connectivity index (χ4n) is 2.58. The predicted molar refractivity (Wildman–Crippen MR) is 70.2 cm³/mol. The van der Waals surface area contributed by atoms with Crippen molar-refractivity contribution in [2.75, 3.05) is 25.0 Å². The first-order valence-corrected chi connectivity index (χ1v) is 6.18. The van der Waals surface area contributed by atoms with E-state index in [9.17, 15) is 0 Å². The van der Waals surface area contributed by atoms with Gasteiger partial charge in [-0.1, -0.05) is 17.7 Å². The molecule has 2 nitrogen and oxygen atoms in total. The van der Waals surface area contributed by atoms with Crippen molar-refractivity contribution in [3.05, 3.63) is 29.3 Å². The van der Waals surface area contributed by atoms with Crippen molar-refractivity contribution in [3.63, 3.8) is 0 Å². The lowest BCUT2D eigenvalue weighted by atomic mass is 10.1. The van der Waals surface area contributed by atoms with Gasteiger partial charge in [0, 0.05) is 25.3 Å². The molecule has 0 aliphatic carbocycles. The zero-order chi connectivity index (χ0) is 11.5. The number of likely N-dealkylation sites (N-methyl/N-ethyl adjacent to an activating group) is 1. The molecule has 0 bridgehead atoms. The van der Waals surface area contributed by atoms with Gasteiger partial charge < -0.3 is 10.2 Å². The van der Waals surface area contributed by atoms with Gasteiger partial charge in [0.25, 0.3) is 0 Å². The van der Waals surface area contributed by atoms with Crippen molar-refractivity contribution in [1.82, 2.24) is 5.32 Å². The second-order valence-electron chi connectivity index (χ2n) is 4.96. The maximum Gasteiger partial charge on any atom is 0.0394 e. The summed E-state index contributed by atoms with van der Waals surface area (Å²) in [5.74, 6) is 0. The Balaban J connectivity index is 2.04. The smallest absolute Gasteiger partial charge is 0.0394 e. The monoisotopic (exact) mass is 218 g/mol. The fourth-order valence-corrected chi connectivity index (χ4v) is 2.58. The highest BCUT2D eigenvalue weighted by atomic mass is 15.1. The van der Waals surface area contributed by atoms with Crippen LogP contribution in [0, 0.1) is 13.8 Å². The van der Waals surface area contributed by atoms with Gasteiger partial charge in [-0.25, -0.2) is 0 Å². The molecule has 1 aliphatic heterocycles. The summed E-state index contributed by atoms with van der Waals surface area (Å²) >= 11 is 0. The lowest BCUT2D eigenvalue weighted by Gasteiger charge is -2.25. The summed E-state index contributed by atoms with van der Waals surface area (Å²) in [6.07, 6.45) is 2.64. The van der Waals surface area contributed by atoms with Crippen molar-refractivity contribution in [2.45, 2.75) is 32.7 Å². The van der Waals surface area contributed by atoms with Crippen LogP contribution >= 0.6 is 0 Å². The van der Waals surface area contributed by atoms with E-state index in [1.165, 1.54) is 36.2 Å². The minimum absolute atomic E-state index is 0.672. The highest BCUT2D eigenvalue weighted by Crippen LogP contribution is 2.21. The molecule has 1 atom stereocenters. The molecule has 1 aromatic rings. The molecule has 88 valence electrons. The highest BCUT2D eigenvalue weighted by Gasteiger charge is 2.16. The van der Waals surface area contributed by atoms with E-state index in [0.29, 0.717) is 6.04 Å². The molecule has 0 amide bonds. The van der Waals surface area contributed by atoms with Crippen LogP contribution in [0.25, 0.3) is 0 Å². The summed E-state index contributed by atoms with van der Waals surface area (Å²) in [5, 5.41) is 3.55. The molecule has 0 spiro atoms. The van der Waals surface area contributed by atoms with Crippen LogP contribution in [-0.4, -0.2) is 26.2 Å². The highest BCUT2D eigenvalue weighted by molar-refractivity contribution is 5.53. The third kappa shape index (κ3) is 2.56. The predicted octanol–water partition coefficient (Wildman–Crippen LogP) is 2.49. The molecule has 1 N–H and O–H groups in total. The molecule has 0 saturated carbocycles. The van der Waals surface area contributed by atoms with Gasteiger partial charge in [-0.3, -0.25) is 0 Å². The van der Waals surface area contributed by atoms with Gasteiger partial charge in [-0.15, -0.1) is 0 Å². The maximum atomic E-state index is 3.55. The number of benzene rings is 1. The van der Waals surface area contributed by atoms with Crippen LogP contribution in [0.15, 0.2) is 18.2 Å². The first-order valence-electron chi connectivity index (χ1n) is 6.18. The summed E-state index contributed by atoms with van der Waals surface area (Å²) in [6.45, 7) is 6.64. The zero-order valence-electron chi connectivity index (χ0n) is 10.6. The van der Waals surface area contributed by atoms with E-state index in [2.05, 4.69) is 49.3 Å². The quantitative estimate of drug-likeness (QED) is 0.838. The lowest BCUT2D eigenvalue weighted by Crippen LogP contribution is -2.35. The fraction of sp³-hybridized carbons (Fsp3) is 0.571. The molecule has 1 heterocycles. The molecule has 2 rings (SSSR count). The van der Waals surface area contributed by atoms with Crippen molar-refractivity contribution >= 4 is 5.69 Å². The Morgan fingerprint density at radius 3 is 2.81 bits per heavy atom. The van der Waals surface area contributed by atoms with Crippen LogP contribution in [-0.2, 0) is 0 Å². The summed E-state index contributed by atoms with van der Waals surface area (Å²) in [4.78, 5) is 2.37. The van der Waals surface area contributed by atoms with Crippen LogP contribution in [0.3, 0.4) is 0 Å². The molecule has 2 heteroatoms. The lowest BCUT2D eigenvalue weighted by molar-refractivity contribution is 0.599. The third-order valence-electron chi connectivity index (χ3n) is 3.42. The van der Waals surface area contributed by atoms with Crippen LogP contribution in [0.4, 0.5) is 5.69 Å². The Kier molecular flexibility index (Phi) is 3.49. The Morgan fingerprint density at radius 2 is 2.19 bits per heavy atom. The number of hydrogen-bond acceptors (Lipinski definition) is 2. The topological polar surface area (TPSA) is 15.3 Å². The van der Waals surface area contributed by atoms with Crippen LogP contribution in [0.2, 0.25) is 0 Å². The summed E-state index contributed by atoms with van der Waals surface area (Å²) in [7, 11) is 2.19. The standard InChI is InChI=1S/C14H22N2/c1-11-6-7-14(12(2)9-11)16(3)10-13-5-4-8-15-13/h6-7,9,13,15H,4-5,8,10H2,1-3H3/t13-/m1/s1. The van der Waals surface area contributed by atoms with E-state index in [-0.39, 0.29) is 0 Å². The van der Waals surface area contributed by atoms with Gasteiger partial charge in [0.2, 0.25) is 0 Å². The summed E-state index contributed by atoms with van der Waals surface area (Å²) < 4.78 is 0. The van der Waals surface area contributed by atoms with Crippen LogP contribution < -0.4 is 10.2 Å². The minimum Gasteiger partial charge on any atom is -0.373 e. The van der Waals surface area contributed by atoms with Gasteiger partial charge in [0.1, 0.15) is 0 Å². The number of anilines is 1. The molecule has 1 fully saturated rings. The Labute approximate surface area is 98.7 Å². The number of nitrogens with zero attached hydrogens (tertiary/aromatic N) is 1. The second-order valence-corrected chi connectivity index (χ2v) is 4.96. The van der Waals surface area contributed by atoms with Gasteiger partial charge in [0.05, 0.1) is 0 Å². The molecular formula is C14H22N2. The van der Waals surface area contributed by atoms with Crippen molar-refractivity contribution in [3.8, 4) is 0 Å². The minimum atomic E-state index is 0.672. The summed E-state index contributed by atoms with van der Waals surface area (Å²) in [6, 6.07) is 7.36. The first kappa shape index (κ1) is 11.5. The summed E-state index contributed by atoms with van der Waals surface area (Å²) in [5.41, 5.74) is 4.08.